The Morgan fingerprint density at radius 3 is 2.76 bits per heavy atom. The van der Waals surface area contributed by atoms with Gasteiger partial charge >= 0.3 is 5.97 Å². The van der Waals surface area contributed by atoms with Crippen LogP contribution >= 0.6 is 11.3 Å². The molecule has 0 aliphatic heterocycles. The zero-order valence-electron chi connectivity index (χ0n) is 11.9. The van der Waals surface area contributed by atoms with Crippen LogP contribution in [0.1, 0.15) is 11.3 Å². The minimum atomic E-state index is -0.827. The summed E-state index contributed by atoms with van der Waals surface area (Å²) < 4.78 is 5.65. The second-order valence-electron chi connectivity index (χ2n) is 4.78. The van der Waals surface area contributed by atoms with Crippen molar-refractivity contribution in [1.29, 1.82) is 0 Å². The van der Waals surface area contributed by atoms with E-state index in [1.54, 1.807) is 35.6 Å². The molecular formula is C15H18N2O3S. The Morgan fingerprint density at radius 1 is 1.38 bits per heavy atom. The van der Waals surface area contributed by atoms with Gasteiger partial charge in [-0.3, -0.25) is 9.69 Å². The van der Waals surface area contributed by atoms with E-state index < -0.39 is 5.97 Å². The fraction of sp³-hybridized carbons (Fsp3) is 0.333. The summed E-state index contributed by atoms with van der Waals surface area (Å²) in [5.74, 6) is -0.0708. The average molecular weight is 306 g/mol. The molecule has 0 radical (unpaired) electrons. The van der Waals surface area contributed by atoms with Crippen LogP contribution in [0.25, 0.3) is 0 Å². The minimum Gasteiger partial charge on any atom is -0.492 e. The smallest absolute Gasteiger partial charge is 0.307 e. The first-order chi connectivity index (χ1) is 10.1. The lowest BCUT2D eigenvalue weighted by Crippen LogP contribution is -2.24. The Balaban J connectivity index is 1.71. The molecule has 0 atom stereocenters. The molecule has 0 saturated heterocycles. The highest BCUT2D eigenvalue weighted by molar-refractivity contribution is 7.07. The number of ether oxygens (including phenoxy) is 1. The third kappa shape index (κ3) is 5.53. The van der Waals surface area contributed by atoms with E-state index in [4.69, 9.17) is 9.84 Å². The second-order valence-corrected chi connectivity index (χ2v) is 5.50. The predicted molar refractivity (Wildman–Crippen MR) is 81.7 cm³/mol. The van der Waals surface area contributed by atoms with E-state index in [2.05, 4.69) is 9.88 Å². The Morgan fingerprint density at radius 2 is 2.14 bits per heavy atom. The first-order valence-corrected chi connectivity index (χ1v) is 7.57. The van der Waals surface area contributed by atoms with Crippen molar-refractivity contribution in [3.05, 3.63) is 46.4 Å². The highest BCUT2D eigenvalue weighted by Gasteiger charge is 2.03. The molecule has 0 aliphatic rings. The van der Waals surface area contributed by atoms with E-state index in [0.717, 1.165) is 30.1 Å². The maximum atomic E-state index is 10.6. The lowest BCUT2D eigenvalue weighted by molar-refractivity contribution is -0.136. The Hall–Kier alpha value is -1.92. The summed E-state index contributed by atoms with van der Waals surface area (Å²) in [5, 5.41) is 10.7. The molecule has 1 aromatic heterocycles. The van der Waals surface area contributed by atoms with Crippen LogP contribution in [0.4, 0.5) is 0 Å². The second kappa shape index (κ2) is 7.75. The molecule has 1 aromatic carbocycles. The molecule has 1 N–H and O–H groups in total. The van der Waals surface area contributed by atoms with Crippen LogP contribution in [0.2, 0.25) is 0 Å². The van der Waals surface area contributed by atoms with Crippen molar-refractivity contribution in [3.63, 3.8) is 0 Å². The van der Waals surface area contributed by atoms with Crippen molar-refractivity contribution >= 4 is 17.3 Å². The van der Waals surface area contributed by atoms with Gasteiger partial charge in [0, 0.05) is 18.5 Å². The largest absolute Gasteiger partial charge is 0.492 e. The summed E-state index contributed by atoms with van der Waals surface area (Å²) >= 11 is 1.60. The normalized spacial score (nSPS) is 10.8. The van der Waals surface area contributed by atoms with Crippen LogP contribution in [0.15, 0.2) is 35.2 Å². The van der Waals surface area contributed by atoms with Crippen LogP contribution in [-0.2, 0) is 17.8 Å². The van der Waals surface area contributed by atoms with Gasteiger partial charge in [0.25, 0.3) is 0 Å². The SMILES string of the molecule is CN(CCOc1ccc(CC(=O)O)cc1)Cc1cscn1. The maximum Gasteiger partial charge on any atom is 0.307 e. The molecule has 2 aromatic rings. The van der Waals surface area contributed by atoms with Crippen LogP contribution in [0, 0.1) is 0 Å². The lowest BCUT2D eigenvalue weighted by atomic mass is 10.1. The standard InChI is InChI=1S/C15H18N2O3S/c1-17(9-13-10-21-11-16-13)6-7-20-14-4-2-12(3-5-14)8-15(18)19/h2-5,10-11H,6-9H2,1H3,(H,18,19). The summed E-state index contributed by atoms with van der Waals surface area (Å²) in [6.45, 7) is 2.19. The molecule has 0 saturated carbocycles. The fourth-order valence-corrected chi connectivity index (χ4v) is 2.42. The van der Waals surface area contributed by atoms with E-state index in [0.29, 0.717) is 6.61 Å². The molecular weight excluding hydrogens is 288 g/mol. The van der Waals surface area contributed by atoms with E-state index in [1.165, 1.54) is 0 Å². The van der Waals surface area contributed by atoms with Crippen molar-refractivity contribution in [2.75, 3.05) is 20.2 Å². The molecule has 0 spiro atoms. The monoisotopic (exact) mass is 306 g/mol. The van der Waals surface area contributed by atoms with E-state index in [1.807, 2.05) is 17.9 Å². The number of hydrogen-bond donors (Lipinski definition) is 1. The van der Waals surface area contributed by atoms with Gasteiger partial charge in [-0.25, -0.2) is 4.98 Å². The summed E-state index contributed by atoms with van der Waals surface area (Å²) in [7, 11) is 2.03. The number of benzene rings is 1. The van der Waals surface area contributed by atoms with Gasteiger partial charge in [0.2, 0.25) is 0 Å². The van der Waals surface area contributed by atoms with Gasteiger partial charge in [-0.15, -0.1) is 11.3 Å². The Bertz CT molecular complexity index is 555. The first kappa shape index (κ1) is 15.5. The van der Waals surface area contributed by atoms with E-state index in [-0.39, 0.29) is 6.42 Å². The van der Waals surface area contributed by atoms with Crippen molar-refractivity contribution < 1.29 is 14.6 Å². The van der Waals surface area contributed by atoms with Crippen molar-refractivity contribution in [2.45, 2.75) is 13.0 Å². The number of aliphatic carboxylic acids is 1. The van der Waals surface area contributed by atoms with Gasteiger partial charge in [0.1, 0.15) is 12.4 Å². The van der Waals surface area contributed by atoms with Crippen LogP contribution in [-0.4, -0.2) is 41.2 Å². The number of rotatable bonds is 8. The summed E-state index contributed by atoms with van der Waals surface area (Å²) in [6, 6.07) is 7.17. The van der Waals surface area contributed by atoms with Gasteiger partial charge < -0.3 is 9.84 Å². The number of likely N-dealkylation sites (N-methyl/N-ethyl adjacent to an activating group) is 1. The number of carboxylic acid groups (broad SMARTS) is 1. The molecule has 21 heavy (non-hydrogen) atoms. The molecule has 0 amide bonds. The molecule has 0 fully saturated rings. The molecule has 5 nitrogen and oxygen atoms in total. The highest BCUT2D eigenvalue weighted by Crippen LogP contribution is 2.12. The molecule has 0 aliphatic carbocycles. The minimum absolute atomic E-state index is 0.0384. The number of carboxylic acids is 1. The van der Waals surface area contributed by atoms with Crippen LogP contribution < -0.4 is 4.74 Å². The molecule has 6 heteroatoms. The summed E-state index contributed by atoms with van der Waals surface area (Å²) in [4.78, 5) is 17.0. The Labute approximate surface area is 127 Å². The third-order valence-electron chi connectivity index (χ3n) is 2.94. The van der Waals surface area contributed by atoms with Crippen molar-refractivity contribution in [2.24, 2.45) is 0 Å². The first-order valence-electron chi connectivity index (χ1n) is 6.62. The molecule has 2 rings (SSSR count). The molecule has 0 unspecified atom stereocenters. The number of hydrogen-bond acceptors (Lipinski definition) is 5. The fourth-order valence-electron chi connectivity index (χ4n) is 1.87. The van der Waals surface area contributed by atoms with Gasteiger partial charge in [-0.05, 0) is 24.7 Å². The number of carbonyl (C=O) groups is 1. The van der Waals surface area contributed by atoms with E-state index in [9.17, 15) is 4.79 Å². The Kier molecular flexibility index (Phi) is 5.71. The van der Waals surface area contributed by atoms with Crippen LogP contribution in [0.5, 0.6) is 5.75 Å². The summed E-state index contributed by atoms with van der Waals surface area (Å²) in [6.07, 6.45) is 0.0384. The zero-order valence-corrected chi connectivity index (χ0v) is 12.7. The molecule has 112 valence electrons. The third-order valence-corrected chi connectivity index (χ3v) is 3.57. The maximum absolute atomic E-state index is 10.6. The van der Waals surface area contributed by atoms with Crippen molar-refractivity contribution in [3.8, 4) is 5.75 Å². The number of thiazole rings is 1. The quantitative estimate of drug-likeness (QED) is 0.810. The van der Waals surface area contributed by atoms with Gasteiger partial charge in [-0.1, -0.05) is 12.1 Å². The van der Waals surface area contributed by atoms with Crippen LogP contribution in [0.3, 0.4) is 0 Å². The number of nitrogens with zero attached hydrogens (tertiary/aromatic N) is 2. The molecule has 0 bridgehead atoms. The highest BCUT2D eigenvalue weighted by atomic mass is 32.1. The lowest BCUT2D eigenvalue weighted by Gasteiger charge is -2.15. The summed E-state index contributed by atoms with van der Waals surface area (Å²) in [5.41, 5.74) is 3.68. The van der Waals surface area contributed by atoms with E-state index >= 15 is 0 Å². The zero-order chi connectivity index (χ0) is 15.1. The van der Waals surface area contributed by atoms with Crippen molar-refractivity contribution in [1.82, 2.24) is 9.88 Å². The van der Waals surface area contributed by atoms with Gasteiger partial charge in [0.15, 0.2) is 0 Å². The van der Waals surface area contributed by atoms with Gasteiger partial charge in [-0.2, -0.15) is 0 Å². The average Bonchev–Trinajstić information content (AvgIpc) is 2.93. The molecule has 1 heterocycles. The predicted octanol–water partition coefficient (Wildman–Crippen LogP) is 2.28. The van der Waals surface area contributed by atoms with Gasteiger partial charge in [0.05, 0.1) is 17.6 Å². The number of aromatic nitrogens is 1. The topological polar surface area (TPSA) is 62.7 Å².